The largest absolute Gasteiger partial charge is 0.493 e. The predicted molar refractivity (Wildman–Crippen MR) is 119 cm³/mol. The molecule has 1 aromatic heterocycles. The number of nitrogens with zero attached hydrogens (tertiary/aromatic N) is 4. The molecule has 1 fully saturated rings. The van der Waals surface area contributed by atoms with Crippen LogP contribution in [0.2, 0.25) is 0 Å². The number of carbonyl (C=O) groups excluding carboxylic acids is 1. The molecule has 2 aromatic rings. The highest BCUT2D eigenvalue weighted by Crippen LogP contribution is 2.37. The molecule has 164 valence electrons. The molecule has 6 nitrogen and oxygen atoms in total. The van der Waals surface area contributed by atoms with E-state index >= 15 is 0 Å². The first kappa shape index (κ1) is 23.6. The van der Waals surface area contributed by atoms with Gasteiger partial charge in [-0.1, -0.05) is 14.9 Å². The predicted octanol–water partition coefficient (Wildman–Crippen LogP) is 4.34. The van der Waals surface area contributed by atoms with E-state index in [2.05, 4.69) is 4.98 Å². The molecule has 0 N–H and O–H groups in total. The van der Waals surface area contributed by atoms with Gasteiger partial charge >= 0.3 is 0 Å². The standard InChI is InChI=1S/C21H25FN4O2.2CH4/c1-3-26-18-11-23-19(24-21(18)25(2)12-20(26)27)10-14-8-15(9-14)13-28-17-6-4-16(22)5-7-17;;/h4-7,11,14-15H,3,8-10,12-13H2,1-2H3;2*1H4. The van der Waals surface area contributed by atoms with Gasteiger partial charge in [0.2, 0.25) is 5.91 Å². The van der Waals surface area contributed by atoms with Crippen LogP contribution in [0.3, 0.4) is 0 Å². The molecule has 2 heterocycles. The molecule has 7 heteroatoms. The minimum absolute atomic E-state index is 0. The van der Waals surface area contributed by atoms with E-state index in [9.17, 15) is 9.18 Å². The van der Waals surface area contributed by atoms with Crippen molar-refractivity contribution in [3.63, 3.8) is 0 Å². The van der Waals surface area contributed by atoms with E-state index in [1.807, 2.05) is 18.9 Å². The maximum absolute atomic E-state index is 12.9. The average molecular weight is 417 g/mol. The van der Waals surface area contributed by atoms with Crippen molar-refractivity contribution in [3.05, 3.63) is 42.1 Å². The van der Waals surface area contributed by atoms with Crippen molar-refractivity contribution < 1.29 is 13.9 Å². The molecule has 0 saturated heterocycles. The summed E-state index contributed by atoms with van der Waals surface area (Å²) >= 11 is 0. The number of amides is 1. The van der Waals surface area contributed by atoms with Crippen LogP contribution in [-0.2, 0) is 11.2 Å². The van der Waals surface area contributed by atoms with Crippen LogP contribution < -0.4 is 14.5 Å². The smallest absolute Gasteiger partial charge is 0.246 e. The second-order valence-corrected chi connectivity index (χ2v) is 7.66. The topological polar surface area (TPSA) is 58.6 Å². The zero-order valence-corrected chi connectivity index (χ0v) is 16.3. The molecule has 0 radical (unpaired) electrons. The summed E-state index contributed by atoms with van der Waals surface area (Å²) in [6, 6.07) is 6.15. The van der Waals surface area contributed by atoms with E-state index in [1.54, 1.807) is 23.2 Å². The molecule has 0 spiro atoms. The number of anilines is 2. The quantitative estimate of drug-likeness (QED) is 0.701. The van der Waals surface area contributed by atoms with Gasteiger partial charge in [0.1, 0.15) is 23.1 Å². The molecule has 1 aromatic carbocycles. The third-order valence-electron chi connectivity index (χ3n) is 5.55. The first-order chi connectivity index (χ1) is 13.5. The number of benzene rings is 1. The highest BCUT2D eigenvalue weighted by molar-refractivity contribution is 6.01. The Labute approximate surface area is 179 Å². The lowest BCUT2D eigenvalue weighted by Gasteiger charge is -2.36. The van der Waals surface area contributed by atoms with Gasteiger partial charge in [-0.25, -0.2) is 14.4 Å². The summed E-state index contributed by atoms with van der Waals surface area (Å²) < 4.78 is 18.7. The Balaban J connectivity index is 0.00000160. The van der Waals surface area contributed by atoms with Crippen molar-refractivity contribution >= 4 is 17.4 Å². The molecule has 1 amide bonds. The fraction of sp³-hybridized carbons (Fsp3) is 0.522. The maximum Gasteiger partial charge on any atom is 0.246 e. The zero-order valence-electron chi connectivity index (χ0n) is 16.3. The molecule has 1 aliphatic carbocycles. The third kappa shape index (κ3) is 4.89. The van der Waals surface area contributed by atoms with Gasteiger partial charge in [0.15, 0.2) is 5.82 Å². The number of ether oxygens (including phenoxy) is 1. The normalized spacial score (nSPS) is 19.9. The minimum Gasteiger partial charge on any atom is -0.493 e. The molecule has 0 unspecified atom stereocenters. The fourth-order valence-corrected chi connectivity index (χ4v) is 4.00. The van der Waals surface area contributed by atoms with Crippen LogP contribution in [0.4, 0.5) is 15.9 Å². The molecule has 0 atom stereocenters. The van der Waals surface area contributed by atoms with E-state index in [4.69, 9.17) is 9.72 Å². The molecule has 0 bridgehead atoms. The summed E-state index contributed by atoms with van der Waals surface area (Å²) in [5.41, 5.74) is 0.796. The van der Waals surface area contributed by atoms with Crippen molar-refractivity contribution in [1.82, 2.24) is 9.97 Å². The van der Waals surface area contributed by atoms with E-state index < -0.39 is 0 Å². The van der Waals surface area contributed by atoms with Gasteiger partial charge in [-0.2, -0.15) is 0 Å². The Bertz CT molecular complexity index is 853. The molecule has 1 saturated carbocycles. The fourth-order valence-electron chi connectivity index (χ4n) is 4.00. The number of fused-ring (bicyclic) bond motifs is 1. The van der Waals surface area contributed by atoms with E-state index in [0.717, 1.165) is 36.6 Å². The Kier molecular flexibility index (Phi) is 7.76. The van der Waals surface area contributed by atoms with Crippen molar-refractivity contribution in [2.75, 3.05) is 36.5 Å². The van der Waals surface area contributed by atoms with Gasteiger partial charge in [0.05, 0.1) is 19.3 Å². The summed E-state index contributed by atoms with van der Waals surface area (Å²) in [7, 11) is 1.90. The van der Waals surface area contributed by atoms with Crippen molar-refractivity contribution in [3.8, 4) is 5.75 Å². The lowest BCUT2D eigenvalue weighted by Crippen LogP contribution is -2.45. The molecule has 30 heavy (non-hydrogen) atoms. The molecular formula is C23H33FN4O2. The van der Waals surface area contributed by atoms with Gasteiger partial charge in [0.25, 0.3) is 0 Å². The van der Waals surface area contributed by atoms with Crippen LogP contribution in [0.1, 0.15) is 40.4 Å². The van der Waals surface area contributed by atoms with Crippen molar-refractivity contribution in [1.29, 1.82) is 0 Å². The number of halogens is 1. The Morgan fingerprint density at radius 3 is 2.53 bits per heavy atom. The highest BCUT2D eigenvalue weighted by Gasteiger charge is 2.32. The molecule has 4 rings (SSSR count). The summed E-state index contributed by atoms with van der Waals surface area (Å²) in [6.07, 6.45) is 4.78. The van der Waals surface area contributed by atoms with Gasteiger partial charge in [0, 0.05) is 20.0 Å². The number of hydrogen-bond acceptors (Lipinski definition) is 5. The van der Waals surface area contributed by atoms with E-state index in [1.165, 1.54) is 12.1 Å². The average Bonchev–Trinajstić information content (AvgIpc) is 2.65. The van der Waals surface area contributed by atoms with E-state index in [0.29, 0.717) is 37.3 Å². The van der Waals surface area contributed by atoms with Gasteiger partial charge in [-0.15, -0.1) is 0 Å². The summed E-state index contributed by atoms with van der Waals surface area (Å²) in [4.78, 5) is 25.0. The first-order valence-corrected chi connectivity index (χ1v) is 9.79. The van der Waals surface area contributed by atoms with Gasteiger partial charge in [-0.05, 0) is 55.9 Å². The summed E-state index contributed by atoms with van der Waals surface area (Å²) in [5.74, 6) is 3.28. The van der Waals surface area contributed by atoms with Crippen LogP contribution in [-0.4, -0.2) is 42.6 Å². The second kappa shape index (κ2) is 9.87. The minimum atomic E-state index is -0.252. The number of hydrogen-bond donors (Lipinski definition) is 0. The second-order valence-electron chi connectivity index (χ2n) is 7.66. The summed E-state index contributed by atoms with van der Waals surface area (Å²) in [5, 5.41) is 0. The number of likely N-dealkylation sites (N-methyl/N-ethyl adjacent to an activating group) is 2. The van der Waals surface area contributed by atoms with Gasteiger partial charge < -0.3 is 14.5 Å². The lowest BCUT2D eigenvalue weighted by atomic mass is 9.73. The van der Waals surface area contributed by atoms with Crippen LogP contribution in [0.5, 0.6) is 5.75 Å². The Hall–Kier alpha value is -2.70. The monoisotopic (exact) mass is 416 g/mol. The van der Waals surface area contributed by atoms with Gasteiger partial charge in [-0.3, -0.25) is 4.79 Å². The lowest BCUT2D eigenvalue weighted by molar-refractivity contribution is -0.117. The highest BCUT2D eigenvalue weighted by atomic mass is 19.1. The molecular weight excluding hydrogens is 383 g/mol. The number of carbonyl (C=O) groups is 1. The Morgan fingerprint density at radius 2 is 1.87 bits per heavy atom. The van der Waals surface area contributed by atoms with Crippen LogP contribution in [0.15, 0.2) is 30.5 Å². The van der Waals surface area contributed by atoms with Crippen molar-refractivity contribution in [2.24, 2.45) is 11.8 Å². The van der Waals surface area contributed by atoms with Crippen LogP contribution in [0.25, 0.3) is 0 Å². The number of aromatic nitrogens is 2. The number of rotatable bonds is 6. The summed E-state index contributed by atoms with van der Waals surface area (Å²) in [6.45, 7) is 3.59. The zero-order chi connectivity index (χ0) is 19.7. The third-order valence-corrected chi connectivity index (χ3v) is 5.55. The van der Waals surface area contributed by atoms with E-state index in [-0.39, 0.29) is 26.6 Å². The molecule has 2 aliphatic rings. The maximum atomic E-state index is 12.9. The van der Waals surface area contributed by atoms with Crippen LogP contribution in [0, 0.1) is 17.7 Å². The first-order valence-electron chi connectivity index (χ1n) is 9.79. The molecule has 1 aliphatic heterocycles. The van der Waals surface area contributed by atoms with Crippen molar-refractivity contribution in [2.45, 2.75) is 41.0 Å². The SMILES string of the molecule is C.C.CCN1C(=O)CN(C)c2nc(CC3CC(COc4ccc(F)cc4)C3)ncc21. The van der Waals surface area contributed by atoms with Crippen LogP contribution >= 0.6 is 0 Å². The Morgan fingerprint density at radius 1 is 1.17 bits per heavy atom.